The number of fused-ring (bicyclic) bond motifs is 1. The first-order valence-electron chi connectivity index (χ1n) is 13.1. The number of nitrogens with one attached hydrogen (secondary N) is 1. The predicted octanol–water partition coefficient (Wildman–Crippen LogP) is 4.21. The molecule has 198 valence electrons. The van der Waals surface area contributed by atoms with Crippen LogP contribution in [-0.2, 0) is 22.4 Å². The van der Waals surface area contributed by atoms with E-state index in [0.29, 0.717) is 52.0 Å². The SMILES string of the molecule is CC1(C)CC(=O)c2sc(N3CCOCC3)c(-c3cccc(CC(=O)N4CCC(NC(=O)O)CC4)c3)c2C1. The Morgan fingerprint density at radius 3 is 2.57 bits per heavy atom. The van der Waals surface area contributed by atoms with Crippen molar-refractivity contribution >= 4 is 34.1 Å². The van der Waals surface area contributed by atoms with Gasteiger partial charge in [-0.3, -0.25) is 9.59 Å². The number of benzene rings is 1. The van der Waals surface area contributed by atoms with Crippen molar-refractivity contribution in [3.63, 3.8) is 0 Å². The molecule has 2 aliphatic heterocycles. The van der Waals surface area contributed by atoms with E-state index in [-0.39, 0.29) is 23.1 Å². The van der Waals surface area contributed by atoms with Crippen molar-refractivity contribution in [2.75, 3.05) is 44.3 Å². The summed E-state index contributed by atoms with van der Waals surface area (Å²) in [5, 5.41) is 12.6. The van der Waals surface area contributed by atoms with Gasteiger partial charge in [0.2, 0.25) is 5.91 Å². The van der Waals surface area contributed by atoms with Gasteiger partial charge in [0.15, 0.2) is 5.78 Å². The minimum Gasteiger partial charge on any atom is -0.465 e. The summed E-state index contributed by atoms with van der Waals surface area (Å²) in [5.41, 5.74) is 4.20. The zero-order chi connectivity index (χ0) is 26.2. The number of rotatable bonds is 5. The number of thiophene rings is 1. The number of amides is 2. The highest BCUT2D eigenvalue weighted by Gasteiger charge is 2.37. The third-order valence-electron chi connectivity index (χ3n) is 7.58. The lowest BCUT2D eigenvalue weighted by atomic mass is 9.75. The van der Waals surface area contributed by atoms with Gasteiger partial charge in [-0.05, 0) is 41.4 Å². The van der Waals surface area contributed by atoms with Crippen molar-refractivity contribution in [2.45, 2.75) is 52.0 Å². The van der Waals surface area contributed by atoms with Crippen LogP contribution < -0.4 is 10.2 Å². The summed E-state index contributed by atoms with van der Waals surface area (Å²) >= 11 is 1.62. The Morgan fingerprint density at radius 2 is 1.86 bits per heavy atom. The quantitative estimate of drug-likeness (QED) is 0.607. The fourth-order valence-corrected chi connectivity index (χ4v) is 7.09. The van der Waals surface area contributed by atoms with E-state index >= 15 is 0 Å². The lowest BCUT2D eigenvalue weighted by molar-refractivity contribution is -0.131. The summed E-state index contributed by atoms with van der Waals surface area (Å²) in [6.07, 6.45) is 1.97. The van der Waals surface area contributed by atoms with Crippen LogP contribution >= 0.6 is 11.3 Å². The van der Waals surface area contributed by atoms with E-state index in [4.69, 9.17) is 9.84 Å². The number of carbonyl (C=O) groups is 3. The molecule has 2 saturated heterocycles. The fourth-order valence-electron chi connectivity index (χ4n) is 5.76. The van der Waals surface area contributed by atoms with Gasteiger partial charge in [-0.15, -0.1) is 11.3 Å². The van der Waals surface area contributed by atoms with Crippen LogP contribution in [0.2, 0.25) is 0 Å². The average molecular weight is 526 g/mol. The Balaban J connectivity index is 1.40. The van der Waals surface area contributed by atoms with Gasteiger partial charge < -0.3 is 25.0 Å². The van der Waals surface area contributed by atoms with E-state index in [9.17, 15) is 14.4 Å². The van der Waals surface area contributed by atoms with E-state index < -0.39 is 6.09 Å². The van der Waals surface area contributed by atoms with Gasteiger partial charge in [0.25, 0.3) is 0 Å². The molecule has 0 saturated carbocycles. The largest absolute Gasteiger partial charge is 0.465 e. The number of carbonyl (C=O) groups excluding carboxylic acids is 2. The molecule has 2 amide bonds. The van der Waals surface area contributed by atoms with Crippen molar-refractivity contribution in [3.8, 4) is 11.1 Å². The van der Waals surface area contributed by atoms with Crippen molar-refractivity contribution in [2.24, 2.45) is 5.41 Å². The second-order valence-electron chi connectivity index (χ2n) is 11.1. The molecule has 8 nitrogen and oxygen atoms in total. The van der Waals surface area contributed by atoms with Gasteiger partial charge in [0.1, 0.15) is 0 Å². The Morgan fingerprint density at radius 1 is 1.14 bits per heavy atom. The minimum absolute atomic E-state index is 0.0583. The van der Waals surface area contributed by atoms with E-state index in [1.54, 1.807) is 11.3 Å². The van der Waals surface area contributed by atoms with Crippen LogP contribution in [0.4, 0.5) is 9.80 Å². The van der Waals surface area contributed by atoms with E-state index in [1.165, 1.54) is 0 Å². The van der Waals surface area contributed by atoms with E-state index in [2.05, 4.69) is 36.2 Å². The lowest BCUT2D eigenvalue weighted by Crippen LogP contribution is -2.46. The Kier molecular flexibility index (Phi) is 7.27. The van der Waals surface area contributed by atoms with E-state index in [1.807, 2.05) is 17.0 Å². The van der Waals surface area contributed by atoms with Crippen molar-refractivity contribution in [1.29, 1.82) is 0 Å². The van der Waals surface area contributed by atoms with Gasteiger partial charge in [-0.1, -0.05) is 38.1 Å². The highest BCUT2D eigenvalue weighted by molar-refractivity contribution is 7.19. The summed E-state index contributed by atoms with van der Waals surface area (Å²) in [4.78, 5) is 42.2. The van der Waals surface area contributed by atoms with Crippen molar-refractivity contribution < 1.29 is 24.2 Å². The van der Waals surface area contributed by atoms with Crippen molar-refractivity contribution in [1.82, 2.24) is 10.2 Å². The number of ether oxygens (including phenoxy) is 1. The van der Waals surface area contributed by atoms with E-state index in [0.717, 1.165) is 51.6 Å². The van der Waals surface area contributed by atoms with Crippen LogP contribution in [0.3, 0.4) is 0 Å². The number of Topliss-reactive ketones (excluding diaryl/α,β-unsaturated/α-hetero) is 1. The maximum Gasteiger partial charge on any atom is 0.404 e. The zero-order valence-corrected chi connectivity index (χ0v) is 22.4. The number of anilines is 1. The second-order valence-corrected chi connectivity index (χ2v) is 12.1. The van der Waals surface area contributed by atoms with Gasteiger partial charge >= 0.3 is 6.09 Å². The first-order chi connectivity index (χ1) is 17.7. The third kappa shape index (κ3) is 5.67. The van der Waals surface area contributed by atoms with Crippen LogP contribution in [-0.4, -0.2) is 73.2 Å². The first kappa shape index (κ1) is 25.7. The number of morpholine rings is 1. The summed E-state index contributed by atoms with van der Waals surface area (Å²) in [6.45, 7) is 8.38. The minimum atomic E-state index is -1.02. The Labute approximate surface area is 221 Å². The maximum absolute atomic E-state index is 13.1. The molecule has 2 N–H and O–H groups in total. The molecule has 2 aromatic rings. The molecule has 1 aromatic carbocycles. The molecule has 1 aliphatic carbocycles. The normalized spacial score (nSPS) is 20.0. The monoisotopic (exact) mass is 525 g/mol. The van der Waals surface area contributed by atoms with Crippen LogP contribution in [0.15, 0.2) is 24.3 Å². The van der Waals surface area contributed by atoms with Crippen LogP contribution in [0, 0.1) is 5.41 Å². The molecular weight excluding hydrogens is 490 g/mol. The summed E-state index contributed by atoms with van der Waals surface area (Å²) in [7, 11) is 0. The standard InChI is InChI=1S/C28H35N3O5S/c1-28(2)16-21-24(26(31-10-12-36-13-11-31)37-25(21)22(32)17-28)19-5-3-4-18(14-19)15-23(33)30-8-6-20(7-9-30)29-27(34)35/h3-5,14,20,29H,6-13,15-17H2,1-2H3,(H,34,35). The first-order valence-corrected chi connectivity index (χ1v) is 13.9. The Bertz CT molecular complexity index is 1190. The number of ketones is 1. The van der Waals surface area contributed by atoms with Gasteiger partial charge in [0, 0.05) is 44.2 Å². The molecule has 3 heterocycles. The summed E-state index contributed by atoms with van der Waals surface area (Å²) in [5.74, 6) is 0.284. The summed E-state index contributed by atoms with van der Waals surface area (Å²) in [6, 6.07) is 8.09. The molecule has 37 heavy (non-hydrogen) atoms. The molecule has 0 spiro atoms. The molecular formula is C28H35N3O5S. The number of nitrogens with zero attached hydrogens (tertiary/aromatic N) is 2. The zero-order valence-electron chi connectivity index (χ0n) is 21.5. The van der Waals surface area contributed by atoms with Gasteiger partial charge in [-0.25, -0.2) is 4.79 Å². The molecule has 1 aromatic heterocycles. The number of hydrogen-bond acceptors (Lipinski definition) is 6. The smallest absolute Gasteiger partial charge is 0.404 e. The number of piperidine rings is 1. The van der Waals surface area contributed by atoms with Gasteiger partial charge in [-0.2, -0.15) is 0 Å². The molecule has 2 fully saturated rings. The molecule has 5 rings (SSSR count). The van der Waals surface area contributed by atoms with Crippen LogP contribution in [0.1, 0.15) is 53.9 Å². The Hall–Kier alpha value is -2.91. The topological polar surface area (TPSA) is 99.2 Å². The average Bonchev–Trinajstić information content (AvgIpc) is 3.23. The predicted molar refractivity (Wildman–Crippen MR) is 144 cm³/mol. The molecule has 3 aliphatic rings. The lowest BCUT2D eigenvalue weighted by Gasteiger charge is -2.32. The molecule has 0 radical (unpaired) electrons. The summed E-state index contributed by atoms with van der Waals surface area (Å²) < 4.78 is 5.59. The molecule has 0 atom stereocenters. The number of likely N-dealkylation sites (tertiary alicyclic amines) is 1. The van der Waals surface area contributed by atoms with Crippen LogP contribution in [0.5, 0.6) is 0 Å². The molecule has 0 bridgehead atoms. The maximum atomic E-state index is 13.1. The highest BCUT2D eigenvalue weighted by atomic mass is 32.1. The fraction of sp³-hybridized carbons (Fsp3) is 0.536. The van der Waals surface area contributed by atoms with Crippen LogP contribution in [0.25, 0.3) is 11.1 Å². The third-order valence-corrected chi connectivity index (χ3v) is 8.91. The second kappa shape index (κ2) is 10.5. The van der Waals surface area contributed by atoms with Crippen molar-refractivity contribution in [3.05, 3.63) is 40.3 Å². The number of carboxylic acid groups (broad SMARTS) is 1. The highest BCUT2D eigenvalue weighted by Crippen LogP contribution is 2.49. The van der Waals surface area contributed by atoms with Gasteiger partial charge in [0.05, 0.1) is 29.5 Å². The molecule has 0 unspecified atom stereocenters. The molecule has 9 heteroatoms. The number of hydrogen-bond donors (Lipinski definition) is 2.